The summed E-state index contributed by atoms with van der Waals surface area (Å²) >= 11 is 5.20. The van der Waals surface area contributed by atoms with Gasteiger partial charge >= 0.3 is 0 Å². The van der Waals surface area contributed by atoms with Crippen molar-refractivity contribution in [3.05, 3.63) is 76.5 Å². The number of nitrogen functional groups attached to an aromatic ring is 1. The predicted octanol–water partition coefficient (Wildman–Crippen LogP) is 5.14. The Balaban J connectivity index is 1.46. The molecule has 4 rings (SSSR count). The summed E-state index contributed by atoms with van der Waals surface area (Å²) in [5, 5.41) is 0.705. The van der Waals surface area contributed by atoms with Gasteiger partial charge in [-0.05, 0) is 46.3 Å². The van der Waals surface area contributed by atoms with Crippen molar-refractivity contribution in [2.45, 2.75) is 31.0 Å². The predicted molar refractivity (Wildman–Crippen MR) is 123 cm³/mol. The number of nitrogens with two attached hydrogens (primary N) is 1. The third kappa shape index (κ3) is 4.97. The Morgan fingerprint density at radius 3 is 2.21 bits per heavy atom. The van der Waals surface area contributed by atoms with Crippen molar-refractivity contribution in [3.8, 4) is 0 Å². The van der Waals surface area contributed by atoms with Crippen molar-refractivity contribution in [1.29, 1.82) is 0 Å². The molecule has 2 aromatic carbocycles. The Kier molecular flexibility index (Phi) is 6.46. The van der Waals surface area contributed by atoms with Crippen LogP contribution in [-0.2, 0) is 19.4 Å². The summed E-state index contributed by atoms with van der Waals surface area (Å²) in [7, 11) is 0. The van der Waals surface area contributed by atoms with Crippen LogP contribution in [0, 0.1) is 0 Å². The Morgan fingerprint density at radius 2 is 1.52 bits per heavy atom. The van der Waals surface area contributed by atoms with Crippen LogP contribution in [0.5, 0.6) is 0 Å². The molecule has 0 radical (unpaired) electrons. The van der Waals surface area contributed by atoms with Crippen LogP contribution >= 0.6 is 27.7 Å². The van der Waals surface area contributed by atoms with Crippen LogP contribution in [0.1, 0.15) is 17.5 Å². The molecule has 2 heterocycles. The molecular formula is C22H22BrN5S. The van der Waals surface area contributed by atoms with Crippen LogP contribution in [0.15, 0.2) is 70.6 Å². The second-order valence-electron chi connectivity index (χ2n) is 6.77. The van der Waals surface area contributed by atoms with Crippen molar-refractivity contribution in [3.63, 3.8) is 0 Å². The minimum absolute atomic E-state index is 0.430. The lowest BCUT2D eigenvalue weighted by molar-refractivity contribution is 0.690. The molecule has 5 nitrogen and oxygen atoms in total. The molecule has 2 N–H and O–H groups in total. The molecule has 4 aromatic rings. The maximum Gasteiger partial charge on any atom is 0.191 e. The van der Waals surface area contributed by atoms with E-state index in [0.717, 1.165) is 41.9 Å². The van der Waals surface area contributed by atoms with Gasteiger partial charge in [0.15, 0.2) is 26.9 Å². The van der Waals surface area contributed by atoms with Gasteiger partial charge in [0.25, 0.3) is 0 Å². The molecule has 0 atom stereocenters. The molecule has 0 saturated heterocycles. The minimum atomic E-state index is 0.430. The largest absolute Gasteiger partial charge is 0.382 e. The summed E-state index contributed by atoms with van der Waals surface area (Å²) in [4.78, 5) is 13.7. The summed E-state index contributed by atoms with van der Waals surface area (Å²) in [6.45, 7) is 0.773. The zero-order chi connectivity index (χ0) is 20.1. The second kappa shape index (κ2) is 9.41. The van der Waals surface area contributed by atoms with E-state index in [9.17, 15) is 0 Å². The van der Waals surface area contributed by atoms with Gasteiger partial charge in [0.05, 0.1) is 0 Å². The molecule has 0 amide bonds. The molecular weight excluding hydrogens is 446 g/mol. The van der Waals surface area contributed by atoms with Gasteiger partial charge in [-0.3, -0.25) is 0 Å². The summed E-state index contributed by atoms with van der Waals surface area (Å²) in [6, 6.07) is 20.9. The highest BCUT2D eigenvalue weighted by Crippen LogP contribution is 2.26. The van der Waals surface area contributed by atoms with Crippen molar-refractivity contribution >= 4 is 44.7 Å². The van der Waals surface area contributed by atoms with Crippen molar-refractivity contribution < 1.29 is 0 Å². The third-order valence-electron chi connectivity index (χ3n) is 4.71. The van der Waals surface area contributed by atoms with Crippen LogP contribution in [0.3, 0.4) is 0 Å². The summed E-state index contributed by atoms with van der Waals surface area (Å²) in [5.41, 5.74) is 10.2. The van der Waals surface area contributed by atoms with Crippen molar-refractivity contribution in [1.82, 2.24) is 19.5 Å². The summed E-state index contributed by atoms with van der Waals surface area (Å²) in [5.74, 6) is 1.37. The zero-order valence-corrected chi connectivity index (χ0v) is 18.4. The number of hydrogen-bond donors (Lipinski definition) is 1. The standard InChI is InChI=1S/C22H22BrN5S/c23-21-25-18-19(24)26-22(29-15-7-12-16-8-3-1-4-9-16)27-20(18)28(21)14-13-17-10-5-2-6-11-17/h1-6,8-11H,7,12-15H2,(H2,24,26,27). The van der Waals surface area contributed by atoms with E-state index in [0.29, 0.717) is 16.5 Å². The fourth-order valence-electron chi connectivity index (χ4n) is 3.21. The third-order valence-corrected chi connectivity index (χ3v) is 6.24. The SMILES string of the molecule is Nc1nc(SCCCc2ccccc2)nc2c1nc(Br)n2CCc1ccccc1. The zero-order valence-electron chi connectivity index (χ0n) is 16.0. The molecule has 0 aliphatic heterocycles. The molecule has 0 unspecified atom stereocenters. The average molecular weight is 468 g/mol. The molecule has 0 saturated carbocycles. The number of thioether (sulfide) groups is 1. The highest BCUT2D eigenvalue weighted by atomic mass is 79.9. The number of aromatic nitrogens is 4. The Hall–Kier alpha value is -2.38. The highest BCUT2D eigenvalue weighted by Gasteiger charge is 2.15. The molecule has 0 bridgehead atoms. The first kappa shape index (κ1) is 19.9. The molecule has 0 fully saturated rings. The first-order valence-electron chi connectivity index (χ1n) is 9.60. The smallest absolute Gasteiger partial charge is 0.191 e. The van der Waals surface area contributed by atoms with E-state index >= 15 is 0 Å². The molecule has 0 aliphatic carbocycles. The van der Waals surface area contributed by atoms with Gasteiger partial charge in [0.1, 0.15) is 0 Å². The van der Waals surface area contributed by atoms with Gasteiger partial charge in [-0.1, -0.05) is 72.4 Å². The molecule has 7 heteroatoms. The lowest BCUT2D eigenvalue weighted by atomic mass is 10.1. The van der Waals surface area contributed by atoms with E-state index < -0.39 is 0 Å². The maximum absolute atomic E-state index is 6.18. The second-order valence-corrected chi connectivity index (χ2v) is 8.54. The lowest BCUT2D eigenvalue weighted by Crippen LogP contribution is -2.04. The fourth-order valence-corrected chi connectivity index (χ4v) is 4.52. The molecule has 2 aromatic heterocycles. The van der Waals surface area contributed by atoms with Crippen LogP contribution < -0.4 is 5.73 Å². The van der Waals surface area contributed by atoms with Crippen LogP contribution in [0.2, 0.25) is 0 Å². The van der Waals surface area contributed by atoms with E-state index in [1.807, 2.05) is 12.1 Å². The number of fused-ring (bicyclic) bond motifs is 1. The first-order chi connectivity index (χ1) is 14.2. The lowest BCUT2D eigenvalue weighted by Gasteiger charge is -2.07. The van der Waals surface area contributed by atoms with E-state index in [1.54, 1.807) is 11.8 Å². The van der Waals surface area contributed by atoms with Crippen LogP contribution in [0.25, 0.3) is 11.2 Å². The van der Waals surface area contributed by atoms with E-state index in [2.05, 4.69) is 79.0 Å². The van der Waals surface area contributed by atoms with Crippen molar-refractivity contribution in [2.75, 3.05) is 11.5 Å². The Bertz CT molecular complexity index is 1080. The average Bonchev–Trinajstić information content (AvgIpc) is 3.07. The number of anilines is 1. The number of benzene rings is 2. The van der Waals surface area contributed by atoms with E-state index in [-0.39, 0.29) is 0 Å². The number of rotatable bonds is 8. The molecule has 148 valence electrons. The van der Waals surface area contributed by atoms with E-state index in [4.69, 9.17) is 10.7 Å². The summed E-state index contributed by atoms with van der Waals surface area (Å²) < 4.78 is 2.80. The van der Waals surface area contributed by atoms with Gasteiger partial charge in [-0.25, -0.2) is 15.0 Å². The normalized spacial score (nSPS) is 11.2. The van der Waals surface area contributed by atoms with Gasteiger partial charge in [0.2, 0.25) is 0 Å². The monoisotopic (exact) mass is 467 g/mol. The number of imidazole rings is 1. The van der Waals surface area contributed by atoms with Crippen LogP contribution in [-0.4, -0.2) is 25.3 Å². The molecule has 29 heavy (non-hydrogen) atoms. The topological polar surface area (TPSA) is 69.6 Å². The number of halogens is 1. The fraction of sp³-hybridized carbons (Fsp3) is 0.227. The quantitative estimate of drug-likeness (QED) is 0.168. The van der Waals surface area contributed by atoms with Gasteiger partial charge < -0.3 is 10.3 Å². The molecule has 0 spiro atoms. The number of hydrogen-bond acceptors (Lipinski definition) is 5. The summed E-state index contributed by atoms with van der Waals surface area (Å²) in [6.07, 6.45) is 3.01. The van der Waals surface area contributed by atoms with Gasteiger partial charge in [-0.2, -0.15) is 0 Å². The van der Waals surface area contributed by atoms with Crippen molar-refractivity contribution in [2.24, 2.45) is 0 Å². The maximum atomic E-state index is 6.18. The van der Waals surface area contributed by atoms with Gasteiger partial charge in [0, 0.05) is 12.3 Å². The first-order valence-corrected chi connectivity index (χ1v) is 11.4. The minimum Gasteiger partial charge on any atom is -0.382 e. The van der Waals surface area contributed by atoms with Crippen LogP contribution in [0.4, 0.5) is 5.82 Å². The Morgan fingerprint density at radius 1 is 0.862 bits per heavy atom. The highest BCUT2D eigenvalue weighted by molar-refractivity contribution is 9.10. The number of nitrogens with zero attached hydrogens (tertiary/aromatic N) is 4. The Labute approximate surface area is 182 Å². The van der Waals surface area contributed by atoms with E-state index in [1.165, 1.54) is 11.1 Å². The molecule has 0 aliphatic rings. The van der Waals surface area contributed by atoms with Gasteiger partial charge in [-0.15, -0.1) is 0 Å². The number of aryl methyl sites for hydroxylation is 3.